The molecule has 0 spiro atoms. The van der Waals surface area contributed by atoms with Gasteiger partial charge >= 0.3 is 5.69 Å². The number of hydrogen-bond donors (Lipinski definition) is 1. The van der Waals surface area contributed by atoms with E-state index in [1.807, 2.05) is 24.6 Å². The lowest BCUT2D eigenvalue weighted by Crippen LogP contribution is -2.39. The van der Waals surface area contributed by atoms with Gasteiger partial charge in [0.25, 0.3) is 5.56 Å². The molecule has 4 aromatic rings. The summed E-state index contributed by atoms with van der Waals surface area (Å²) < 4.78 is 6.34. The first kappa shape index (κ1) is 17.1. The second-order valence-electron chi connectivity index (χ2n) is 6.73. The fraction of sp³-hybridized carbons (Fsp3) is 0.316. The maximum atomic E-state index is 13.0. The van der Waals surface area contributed by atoms with Crippen LogP contribution in [0.4, 0.5) is 0 Å². The molecule has 8 nitrogen and oxygen atoms in total. The number of aryl methyl sites for hydroxylation is 2. The molecule has 0 radical (unpaired) electrons. The van der Waals surface area contributed by atoms with Crippen LogP contribution >= 0.6 is 0 Å². The molecule has 3 aromatic heterocycles. The Kier molecular flexibility index (Phi) is 3.91. The van der Waals surface area contributed by atoms with Gasteiger partial charge in [-0.3, -0.25) is 22.9 Å². The number of rotatable bonds is 4. The zero-order valence-corrected chi connectivity index (χ0v) is 15.5. The van der Waals surface area contributed by atoms with Crippen molar-refractivity contribution in [2.24, 2.45) is 7.05 Å². The van der Waals surface area contributed by atoms with E-state index < -0.39 is 0 Å². The molecular formula is C19H21N5O3. The van der Waals surface area contributed by atoms with Crippen molar-refractivity contribution in [3.63, 3.8) is 0 Å². The molecule has 140 valence electrons. The number of unbranched alkanes of at least 4 members (excludes halogenated alkanes) is 1. The molecule has 0 atom stereocenters. The third-order valence-electron chi connectivity index (χ3n) is 4.87. The van der Waals surface area contributed by atoms with Crippen LogP contribution in [0.3, 0.4) is 0 Å². The summed E-state index contributed by atoms with van der Waals surface area (Å²) in [5.74, 6) is 0.725. The van der Waals surface area contributed by atoms with Crippen molar-refractivity contribution in [1.82, 2.24) is 23.1 Å². The van der Waals surface area contributed by atoms with E-state index in [0.29, 0.717) is 23.5 Å². The second kappa shape index (κ2) is 6.15. The number of imidazole rings is 2. The fourth-order valence-corrected chi connectivity index (χ4v) is 3.44. The van der Waals surface area contributed by atoms with Gasteiger partial charge in [0.05, 0.1) is 0 Å². The number of aromatic hydroxyl groups is 1. The first-order valence-electron chi connectivity index (χ1n) is 8.93. The van der Waals surface area contributed by atoms with Crippen molar-refractivity contribution in [3.05, 3.63) is 57.0 Å². The third-order valence-corrected chi connectivity index (χ3v) is 4.87. The number of phenols is 1. The fourth-order valence-electron chi connectivity index (χ4n) is 3.44. The average molecular weight is 367 g/mol. The Labute approximate surface area is 154 Å². The van der Waals surface area contributed by atoms with Crippen LogP contribution in [-0.4, -0.2) is 28.2 Å². The molecule has 0 fully saturated rings. The summed E-state index contributed by atoms with van der Waals surface area (Å²) in [6.45, 7) is 4.33. The van der Waals surface area contributed by atoms with Crippen LogP contribution < -0.4 is 11.2 Å². The van der Waals surface area contributed by atoms with Gasteiger partial charge in [-0.05, 0) is 37.6 Å². The predicted molar refractivity (Wildman–Crippen MR) is 103 cm³/mol. The molecule has 1 N–H and O–H groups in total. The van der Waals surface area contributed by atoms with E-state index in [0.717, 1.165) is 24.2 Å². The van der Waals surface area contributed by atoms with Gasteiger partial charge in [-0.2, -0.15) is 4.98 Å². The maximum absolute atomic E-state index is 13.0. The first-order chi connectivity index (χ1) is 12.9. The molecule has 1 aromatic carbocycles. The Hall–Kier alpha value is -3.29. The van der Waals surface area contributed by atoms with Gasteiger partial charge in [-0.15, -0.1) is 0 Å². The number of nitrogens with zero attached hydrogens (tertiary/aromatic N) is 5. The van der Waals surface area contributed by atoms with Gasteiger partial charge in [0, 0.05) is 31.2 Å². The van der Waals surface area contributed by atoms with Crippen LogP contribution in [0, 0.1) is 6.92 Å². The van der Waals surface area contributed by atoms with Gasteiger partial charge in [0.1, 0.15) is 5.75 Å². The lowest BCUT2D eigenvalue weighted by Gasteiger charge is -2.07. The van der Waals surface area contributed by atoms with Crippen molar-refractivity contribution in [1.29, 1.82) is 0 Å². The summed E-state index contributed by atoms with van der Waals surface area (Å²) in [5.41, 5.74) is 1.78. The van der Waals surface area contributed by atoms with Crippen molar-refractivity contribution in [3.8, 4) is 11.4 Å². The van der Waals surface area contributed by atoms with Gasteiger partial charge in [0.2, 0.25) is 5.78 Å². The number of aromatic nitrogens is 5. The zero-order chi connectivity index (χ0) is 19.3. The highest BCUT2D eigenvalue weighted by Crippen LogP contribution is 2.22. The Morgan fingerprint density at radius 2 is 1.85 bits per heavy atom. The highest BCUT2D eigenvalue weighted by molar-refractivity contribution is 5.76. The molecule has 0 bridgehead atoms. The molecule has 8 heteroatoms. The Bertz CT molecular complexity index is 1270. The molecule has 0 aliphatic carbocycles. The van der Waals surface area contributed by atoms with Crippen molar-refractivity contribution < 1.29 is 5.11 Å². The monoisotopic (exact) mass is 367 g/mol. The van der Waals surface area contributed by atoms with Gasteiger partial charge in [-0.25, -0.2) is 4.79 Å². The number of fused-ring (bicyclic) bond motifs is 3. The van der Waals surface area contributed by atoms with Crippen LogP contribution in [-0.2, 0) is 13.6 Å². The molecular weight excluding hydrogens is 346 g/mol. The van der Waals surface area contributed by atoms with Crippen LogP contribution in [0.1, 0.15) is 25.5 Å². The van der Waals surface area contributed by atoms with Crippen molar-refractivity contribution in [2.75, 3.05) is 0 Å². The topological polar surface area (TPSA) is 86.5 Å². The standard InChI is InChI=1S/C19H21N5O3/c1-4-5-10-22-17(26)15-16(21(3)19(22)27)20-18-23(15)11-12(2)24(18)13-6-8-14(25)9-7-13/h6-9,11,25H,4-5,10H2,1-3H3. The maximum Gasteiger partial charge on any atom is 0.332 e. The van der Waals surface area contributed by atoms with Crippen LogP contribution in [0.2, 0.25) is 0 Å². The Morgan fingerprint density at radius 3 is 2.52 bits per heavy atom. The molecule has 4 rings (SSSR count). The molecule has 3 heterocycles. The van der Waals surface area contributed by atoms with E-state index in [4.69, 9.17) is 0 Å². The summed E-state index contributed by atoms with van der Waals surface area (Å²) in [4.78, 5) is 30.2. The van der Waals surface area contributed by atoms with E-state index in [1.165, 1.54) is 9.13 Å². The minimum Gasteiger partial charge on any atom is -0.508 e. The molecule has 27 heavy (non-hydrogen) atoms. The summed E-state index contributed by atoms with van der Waals surface area (Å²) >= 11 is 0. The minimum atomic E-state index is -0.352. The van der Waals surface area contributed by atoms with Crippen molar-refractivity contribution in [2.45, 2.75) is 33.2 Å². The smallest absolute Gasteiger partial charge is 0.332 e. The van der Waals surface area contributed by atoms with Crippen molar-refractivity contribution >= 4 is 16.9 Å². The third kappa shape index (κ3) is 2.48. The quantitative estimate of drug-likeness (QED) is 0.597. The lowest BCUT2D eigenvalue weighted by molar-refractivity contribution is 0.475. The highest BCUT2D eigenvalue weighted by Gasteiger charge is 2.20. The average Bonchev–Trinajstić information content (AvgIpc) is 3.15. The summed E-state index contributed by atoms with van der Waals surface area (Å²) in [6.07, 6.45) is 3.50. The Morgan fingerprint density at radius 1 is 1.15 bits per heavy atom. The molecule has 0 saturated heterocycles. The normalized spacial score (nSPS) is 11.7. The van der Waals surface area contributed by atoms with Gasteiger partial charge < -0.3 is 5.11 Å². The van der Waals surface area contributed by atoms with Crippen LogP contribution in [0.5, 0.6) is 5.75 Å². The summed E-state index contributed by atoms with van der Waals surface area (Å²) in [6, 6.07) is 6.75. The predicted octanol–water partition coefficient (Wildman–Crippen LogP) is 1.95. The largest absolute Gasteiger partial charge is 0.508 e. The highest BCUT2D eigenvalue weighted by atomic mass is 16.3. The Balaban J connectivity index is 2.07. The van der Waals surface area contributed by atoms with Crippen LogP contribution in [0.25, 0.3) is 22.6 Å². The molecule has 0 unspecified atom stereocenters. The van der Waals surface area contributed by atoms with E-state index in [1.54, 1.807) is 35.7 Å². The van der Waals surface area contributed by atoms with E-state index in [9.17, 15) is 14.7 Å². The molecule has 0 saturated carbocycles. The van der Waals surface area contributed by atoms with Crippen LogP contribution in [0.15, 0.2) is 40.1 Å². The summed E-state index contributed by atoms with van der Waals surface area (Å²) in [7, 11) is 1.64. The second-order valence-corrected chi connectivity index (χ2v) is 6.73. The zero-order valence-electron chi connectivity index (χ0n) is 15.5. The first-order valence-corrected chi connectivity index (χ1v) is 8.93. The molecule has 0 aliphatic heterocycles. The molecule has 0 aliphatic rings. The van der Waals surface area contributed by atoms with Gasteiger partial charge in [-0.1, -0.05) is 13.3 Å². The SMILES string of the molecule is CCCCn1c(=O)c2c(nc3n(-c4ccc(O)cc4)c(C)cn23)n(C)c1=O. The molecule has 0 amide bonds. The minimum absolute atomic E-state index is 0.175. The number of hydrogen-bond acceptors (Lipinski definition) is 4. The van der Waals surface area contributed by atoms with E-state index in [2.05, 4.69) is 4.98 Å². The lowest BCUT2D eigenvalue weighted by atomic mass is 10.3. The van der Waals surface area contributed by atoms with Gasteiger partial charge in [0.15, 0.2) is 11.2 Å². The van der Waals surface area contributed by atoms with E-state index >= 15 is 0 Å². The number of benzene rings is 1. The van der Waals surface area contributed by atoms with E-state index in [-0.39, 0.29) is 17.0 Å². The number of phenolic OH excluding ortho intramolecular Hbond substituents is 1. The summed E-state index contributed by atoms with van der Waals surface area (Å²) in [5, 5.41) is 9.54.